The SMILES string of the molecule is COC(=O)c1ccc([C@@H]2C[C@H](OCC(F)(F)F)CCN2S(=O)(=O)c2c(OC)cc(C)c3c2ccn3C(=O)OC(C)(C)C)cc1. The second-order valence-corrected chi connectivity index (χ2v) is 13.3. The molecular weight excluding hydrogens is 605 g/mol. The molecule has 0 radical (unpaired) electrons. The van der Waals surface area contributed by atoms with Crippen molar-refractivity contribution in [3.8, 4) is 5.75 Å². The van der Waals surface area contributed by atoms with Gasteiger partial charge < -0.3 is 18.9 Å². The van der Waals surface area contributed by atoms with E-state index in [0.717, 1.165) is 0 Å². The van der Waals surface area contributed by atoms with Crippen LogP contribution < -0.4 is 4.74 Å². The van der Waals surface area contributed by atoms with Crippen molar-refractivity contribution < 1.29 is 50.1 Å². The first-order valence-corrected chi connectivity index (χ1v) is 15.2. The fourth-order valence-corrected chi connectivity index (χ4v) is 7.27. The van der Waals surface area contributed by atoms with Crippen molar-refractivity contribution in [3.63, 3.8) is 0 Å². The lowest BCUT2D eigenvalue weighted by Gasteiger charge is -2.39. The number of hydrogen-bond acceptors (Lipinski definition) is 8. The number of ether oxygens (including phenoxy) is 4. The smallest absolute Gasteiger partial charge is 0.419 e. The maximum Gasteiger partial charge on any atom is 0.419 e. The van der Waals surface area contributed by atoms with Gasteiger partial charge in [-0.1, -0.05) is 12.1 Å². The summed E-state index contributed by atoms with van der Waals surface area (Å²) < 4.78 is 91.3. The van der Waals surface area contributed by atoms with Crippen LogP contribution in [0.1, 0.15) is 61.1 Å². The molecule has 14 heteroatoms. The Morgan fingerprint density at radius 1 is 1.05 bits per heavy atom. The Kier molecular flexibility index (Phi) is 9.38. The van der Waals surface area contributed by atoms with Crippen LogP contribution in [0.4, 0.5) is 18.0 Å². The lowest BCUT2D eigenvalue weighted by molar-refractivity contribution is -0.189. The molecule has 1 saturated heterocycles. The second-order valence-electron chi connectivity index (χ2n) is 11.5. The zero-order chi connectivity index (χ0) is 32.6. The highest BCUT2D eigenvalue weighted by atomic mass is 32.2. The number of aromatic nitrogens is 1. The molecule has 44 heavy (non-hydrogen) atoms. The minimum Gasteiger partial charge on any atom is -0.495 e. The Labute approximate surface area is 253 Å². The van der Waals surface area contributed by atoms with Crippen LogP contribution >= 0.6 is 0 Å². The van der Waals surface area contributed by atoms with Crippen molar-refractivity contribution in [3.05, 3.63) is 59.3 Å². The maximum atomic E-state index is 14.6. The highest BCUT2D eigenvalue weighted by Gasteiger charge is 2.42. The predicted molar refractivity (Wildman–Crippen MR) is 154 cm³/mol. The molecule has 3 aromatic rings. The van der Waals surface area contributed by atoms with Crippen molar-refractivity contribution >= 4 is 33.0 Å². The molecule has 2 atom stereocenters. The first kappa shape index (κ1) is 33.3. The van der Waals surface area contributed by atoms with Crippen molar-refractivity contribution in [2.24, 2.45) is 0 Å². The fourth-order valence-electron chi connectivity index (χ4n) is 5.30. The molecule has 0 spiro atoms. The number of rotatable bonds is 7. The third-order valence-corrected chi connectivity index (χ3v) is 9.15. The fraction of sp³-hybridized carbons (Fsp3) is 0.467. The molecule has 240 valence electrons. The van der Waals surface area contributed by atoms with Crippen molar-refractivity contribution in [2.75, 3.05) is 27.4 Å². The number of carbonyl (C=O) groups is 2. The van der Waals surface area contributed by atoms with E-state index in [0.29, 0.717) is 16.6 Å². The van der Waals surface area contributed by atoms with E-state index in [4.69, 9.17) is 18.9 Å². The van der Waals surface area contributed by atoms with E-state index in [-0.39, 0.29) is 41.0 Å². The molecule has 0 aliphatic carbocycles. The van der Waals surface area contributed by atoms with Gasteiger partial charge in [0.15, 0.2) is 0 Å². The van der Waals surface area contributed by atoms with Gasteiger partial charge in [0.1, 0.15) is 22.9 Å². The summed E-state index contributed by atoms with van der Waals surface area (Å²) in [6.45, 7) is 5.20. The van der Waals surface area contributed by atoms with Crippen molar-refractivity contribution in [1.29, 1.82) is 0 Å². The van der Waals surface area contributed by atoms with Crippen LogP contribution in [-0.2, 0) is 24.2 Å². The molecule has 1 aromatic heterocycles. The number of nitrogens with zero attached hydrogens (tertiary/aromatic N) is 2. The third kappa shape index (κ3) is 7.02. The summed E-state index contributed by atoms with van der Waals surface area (Å²) >= 11 is 0. The van der Waals surface area contributed by atoms with Crippen LogP contribution in [0, 0.1) is 6.92 Å². The van der Waals surface area contributed by atoms with Crippen LogP contribution in [0.15, 0.2) is 47.5 Å². The summed E-state index contributed by atoms with van der Waals surface area (Å²) in [6.07, 6.45) is -4.80. The first-order valence-electron chi connectivity index (χ1n) is 13.8. The molecule has 0 unspecified atom stereocenters. The van der Waals surface area contributed by atoms with E-state index in [1.165, 1.54) is 65.7 Å². The van der Waals surface area contributed by atoms with Gasteiger partial charge in [-0.25, -0.2) is 18.0 Å². The molecule has 2 aromatic carbocycles. The number of fused-ring (bicyclic) bond motifs is 1. The standard InChI is InChI=1S/C30H35F3N2O8S/c1-18-15-24(40-5)26(22-12-13-34(25(18)22)28(37)43-29(2,3)4)44(38,39)35-14-11-21(42-17-30(31,32)33)16-23(35)19-7-9-20(10-8-19)27(36)41-6/h7-10,12-13,15,21,23H,11,14,16-17H2,1-6H3/t21-,23+/m1/s1. The van der Waals surface area contributed by atoms with Crippen LogP contribution in [0.5, 0.6) is 5.75 Å². The average molecular weight is 641 g/mol. The number of sulfonamides is 1. The number of carbonyl (C=O) groups excluding carboxylic acids is 2. The number of methoxy groups -OCH3 is 2. The molecular formula is C30H35F3N2O8S. The van der Waals surface area contributed by atoms with Crippen LogP contribution in [0.25, 0.3) is 10.9 Å². The van der Waals surface area contributed by atoms with Gasteiger partial charge in [0.05, 0.1) is 37.4 Å². The summed E-state index contributed by atoms with van der Waals surface area (Å²) in [5.74, 6) is -0.565. The number of esters is 1. The van der Waals surface area contributed by atoms with Crippen molar-refractivity contribution in [1.82, 2.24) is 8.87 Å². The first-order chi connectivity index (χ1) is 20.5. The Bertz CT molecular complexity index is 1640. The normalized spacial score (nSPS) is 18.3. The predicted octanol–water partition coefficient (Wildman–Crippen LogP) is 6.00. The highest BCUT2D eigenvalue weighted by molar-refractivity contribution is 7.89. The van der Waals surface area contributed by atoms with Gasteiger partial charge in [0.2, 0.25) is 10.0 Å². The Hall–Kier alpha value is -3.62. The van der Waals surface area contributed by atoms with Crippen molar-refractivity contribution in [2.45, 2.75) is 69.4 Å². The quantitative estimate of drug-likeness (QED) is 0.289. The van der Waals surface area contributed by atoms with Gasteiger partial charge in [-0.2, -0.15) is 17.5 Å². The number of halogens is 3. The molecule has 2 heterocycles. The lowest BCUT2D eigenvalue weighted by Crippen LogP contribution is -2.44. The van der Waals surface area contributed by atoms with Gasteiger partial charge in [-0.3, -0.25) is 4.57 Å². The topological polar surface area (TPSA) is 113 Å². The summed E-state index contributed by atoms with van der Waals surface area (Å²) in [4.78, 5) is 24.8. The van der Waals surface area contributed by atoms with E-state index in [9.17, 15) is 31.2 Å². The minimum absolute atomic E-state index is 0.00228. The van der Waals surface area contributed by atoms with E-state index in [1.807, 2.05) is 0 Å². The zero-order valence-corrected chi connectivity index (χ0v) is 26.0. The minimum atomic E-state index is -4.55. The van der Waals surface area contributed by atoms with Gasteiger partial charge in [0.25, 0.3) is 0 Å². The van der Waals surface area contributed by atoms with Gasteiger partial charge >= 0.3 is 18.2 Å². The van der Waals surface area contributed by atoms with E-state index in [2.05, 4.69) is 0 Å². The number of alkyl halides is 3. The molecule has 0 bridgehead atoms. The van der Waals surface area contributed by atoms with Crippen LogP contribution in [0.3, 0.4) is 0 Å². The van der Waals surface area contributed by atoms with E-state index >= 15 is 0 Å². The maximum absolute atomic E-state index is 14.6. The molecule has 4 rings (SSSR count). The molecule has 0 amide bonds. The molecule has 0 saturated carbocycles. The van der Waals surface area contributed by atoms with Crippen LogP contribution in [0.2, 0.25) is 0 Å². The van der Waals surface area contributed by atoms with Gasteiger partial charge in [0, 0.05) is 18.1 Å². The average Bonchev–Trinajstić information content (AvgIpc) is 3.40. The number of hydrogen-bond donors (Lipinski definition) is 0. The Balaban J connectivity index is 1.83. The van der Waals surface area contributed by atoms with Gasteiger partial charge in [-0.15, -0.1) is 0 Å². The Morgan fingerprint density at radius 2 is 1.70 bits per heavy atom. The van der Waals surface area contributed by atoms with Crippen LogP contribution in [-0.4, -0.2) is 74.6 Å². The second kappa shape index (κ2) is 12.4. The summed E-state index contributed by atoms with van der Waals surface area (Å²) in [7, 11) is -1.87. The largest absolute Gasteiger partial charge is 0.495 e. The number of aryl methyl sites for hydroxylation is 1. The third-order valence-electron chi connectivity index (χ3n) is 7.16. The Morgan fingerprint density at radius 3 is 2.27 bits per heavy atom. The molecule has 0 N–H and O–H groups in total. The van der Waals surface area contributed by atoms with Gasteiger partial charge in [-0.05, 0) is 75.9 Å². The molecule has 1 aliphatic rings. The zero-order valence-electron chi connectivity index (χ0n) is 25.2. The van der Waals surface area contributed by atoms with E-state index in [1.54, 1.807) is 27.7 Å². The summed E-state index contributed by atoms with van der Waals surface area (Å²) in [5, 5.41) is 0.211. The molecule has 1 aliphatic heterocycles. The monoisotopic (exact) mass is 640 g/mol. The summed E-state index contributed by atoms with van der Waals surface area (Å²) in [5.41, 5.74) is 0.715. The highest BCUT2D eigenvalue weighted by Crippen LogP contribution is 2.43. The number of benzene rings is 2. The molecule has 1 fully saturated rings. The van der Waals surface area contributed by atoms with E-state index < -0.39 is 52.6 Å². The summed E-state index contributed by atoms with van der Waals surface area (Å²) in [6, 6.07) is 8.03. The molecule has 10 nitrogen and oxygen atoms in total. The number of piperidine rings is 1. The lowest BCUT2D eigenvalue weighted by atomic mass is 9.94.